The van der Waals surface area contributed by atoms with Gasteiger partial charge in [-0.2, -0.15) is 5.26 Å². The van der Waals surface area contributed by atoms with E-state index in [1.54, 1.807) is 25.3 Å². The fourth-order valence-electron chi connectivity index (χ4n) is 2.89. The summed E-state index contributed by atoms with van der Waals surface area (Å²) in [5.74, 6) is 0.974. The molecule has 24 heavy (non-hydrogen) atoms. The predicted molar refractivity (Wildman–Crippen MR) is 97.5 cm³/mol. The first-order valence-corrected chi connectivity index (χ1v) is 8.54. The molecule has 0 unspecified atom stereocenters. The smallest absolute Gasteiger partial charge is 0.161 e. The second-order valence-electron chi connectivity index (χ2n) is 5.71. The molecule has 1 saturated heterocycles. The number of nitrogens with zero attached hydrogens (tertiary/aromatic N) is 4. The van der Waals surface area contributed by atoms with Gasteiger partial charge in [0.15, 0.2) is 5.78 Å². The number of Topliss-reactive ketones (excluding diaryl/α,β-unsaturated/α-hetero) is 1. The van der Waals surface area contributed by atoms with Crippen molar-refractivity contribution >= 4 is 33.2 Å². The van der Waals surface area contributed by atoms with Gasteiger partial charge in [-0.15, -0.1) is 0 Å². The van der Waals surface area contributed by atoms with Crippen molar-refractivity contribution in [2.24, 2.45) is 0 Å². The van der Waals surface area contributed by atoms with Crippen molar-refractivity contribution in [3.05, 3.63) is 52.1 Å². The fraction of sp³-hybridized carbons (Fsp3) is 0.278. The van der Waals surface area contributed by atoms with Crippen molar-refractivity contribution in [3.8, 4) is 6.07 Å². The fourth-order valence-corrected chi connectivity index (χ4v) is 3.13. The van der Waals surface area contributed by atoms with Crippen LogP contribution < -0.4 is 9.80 Å². The number of piperazine rings is 1. The molecule has 122 valence electrons. The van der Waals surface area contributed by atoms with E-state index in [1.165, 1.54) is 0 Å². The molecule has 0 radical (unpaired) electrons. The van der Waals surface area contributed by atoms with Crippen LogP contribution in [-0.2, 0) is 0 Å². The maximum absolute atomic E-state index is 11.9. The SMILES string of the molecule is CC(=O)c1ccc(C#N)cc1N1CCN(c2ccc(Br)cn2)CC1. The molecule has 0 bridgehead atoms. The third-order valence-electron chi connectivity index (χ3n) is 4.16. The van der Waals surface area contributed by atoms with Crippen molar-refractivity contribution in [1.29, 1.82) is 5.26 Å². The molecule has 1 aromatic heterocycles. The summed E-state index contributed by atoms with van der Waals surface area (Å²) in [5.41, 5.74) is 2.10. The minimum atomic E-state index is 0.0199. The molecule has 0 N–H and O–H groups in total. The molecule has 1 fully saturated rings. The maximum atomic E-state index is 11.9. The van der Waals surface area contributed by atoms with E-state index >= 15 is 0 Å². The van der Waals surface area contributed by atoms with Crippen molar-refractivity contribution < 1.29 is 4.79 Å². The van der Waals surface area contributed by atoms with Crippen LogP contribution in [0.25, 0.3) is 0 Å². The van der Waals surface area contributed by atoms with E-state index in [0.717, 1.165) is 42.2 Å². The molecule has 0 saturated carbocycles. The minimum Gasteiger partial charge on any atom is -0.367 e. The summed E-state index contributed by atoms with van der Waals surface area (Å²) in [6, 6.07) is 11.4. The van der Waals surface area contributed by atoms with Crippen LogP contribution in [0.1, 0.15) is 22.8 Å². The van der Waals surface area contributed by atoms with Crippen LogP contribution in [0, 0.1) is 11.3 Å². The monoisotopic (exact) mass is 384 g/mol. The Kier molecular flexibility index (Phi) is 4.81. The number of nitriles is 1. The normalized spacial score (nSPS) is 14.4. The second-order valence-corrected chi connectivity index (χ2v) is 6.62. The molecule has 1 aromatic carbocycles. The van der Waals surface area contributed by atoms with E-state index in [4.69, 9.17) is 5.26 Å². The number of hydrogen-bond acceptors (Lipinski definition) is 5. The van der Waals surface area contributed by atoms with Crippen LogP contribution in [-0.4, -0.2) is 36.9 Å². The highest BCUT2D eigenvalue weighted by atomic mass is 79.9. The lowest BCUT2D eigenvalue weighted by atomic mass is 10.0. The first kappa shape index (κ1) is 16.5. The highest BCUT2D eigenvalue weighted by Crippen LogP contribution is 2.25. The Balaban J connectivity index is 1.78. The van der Waals surface area contributed by atoms with Crippen molar-refractivity contribution in [1.82, 2.24) is 4.98 Å². The zero-order valence-electron chi connectivity index (χ0n) is 13.4. The molecule has 0 amide bonds. The molecule has 0 aliphatic carbocycles. The summed E-state index contributed by atoms with van der Waals surface area (Å²) in [4.78, 5) is 20.7. The summed E-state index contributed by atoms with van der Waals surface area (Å²) >= 11 is 3.40. The molecule has 3 rings (SSSR count). The quantitative estimate of drug-likeness (QED) is 0.760. The molecule has 5 nitrogen and oxygen atoms in total. The number of anilines is 2. The highest BCUT2D eigenvalue weighted by molar-refractivity contribution is 9.10. The molecule has 2 aromatic rings. The lowest BCUT2D eigenvalue weighted by Gasteiger charge is -2.37. The second kappa shape index (κ2) is 7.02. The molecule has 0 spiro atoms. The Hall–Kier alpha value is -2.39. The van der Waals surface area contributed by atoms with Crippen molar-refractivity contribution in [2.45, 2.75) is 6.92 Å². The highest BCUT2D eigenvalue weighted by Gasteiger charge is 2.21. The van der Waals surface area contributed by atoms with Gasteiger partial charge in [0, 0.05) is 48.1 Å². The van der Waals surface area contributed by atoms with Crippen LogP contribution in [0.5, 0.6) is 0 Å². The molecule has 0 atom stereocenters. The van der Waals surface area contributed by atoms with Gasteiger partial charge in [0.2, 0.25) is 0 Å². The number of carbonyl (C=O) groups excluding carboxylic acids is 1. The molecule has 1 aliphatic rings. The van der Waals surface area contributed by atoms with Crippen LogP contribution in [0.4, 0.5) is 11.5 Å². The van der Waals surface area contributed by atoms with Gasteiger partial charge in [-0.3, -0.25) is 4.79 Å². The van der Waals surface area contributed by atoms with Crippen molar-refractivity contribution in [3.63, 3.8) is 0 Å². The van der Waals surface area contributed by atoms with Gasteiger partial charge in [-0.05, 0) is 53.2 Å². The van der Waals surface area contributed by atoms with Crippen LogP contribution in [0.15, 0.2) is 41.0 Å². The summed E-state index contributed by atoms with van der Waals surface area (Å²) in [6.07, 6.45) is 1.80. The number of halogens is 1. The number of carbonyl (C=O) groups is 1. The first-order valence-electron chi connectivity index (χ1n) is 7.75. The van der Waals surface area contributed by atoms with Crippen LogP contribution in [0.3, 0.4) is 0 Å². The number of benzene rings is 1. The lowest BCUT2D eigenvalue weighted by Crippen LogP contribution is -2.47. The van der Waals surface area contributed by atoms with Gasteiger partial charge < -0.3 is 9.80 Å². The predicted octanol–water partition coefficient (Wildman–Crippen LogP) is 3.24. The molecular weight excluding hydrogens is 368 g/mol. The van der Waals surface area contributed by atoms with E-state index in [1.807, 2.05) is 18.2 Å². The standard InChI is InChI=1S/C18H17BrN4O/c1-13(24)16-4-2-14(11-20)10-17(16)22-6-8-23(9-7-22)18-5-3-15(19)12-21-18/h2-5,10,12H,6-9H2,1H3. The number of ketones is 1. The Morgan fingerprint density at radius 3 is 2.46 bits per heavy atom. The number of aromatic nitrogens is 1. The van der Waals surface area contributed by atoms with Crippen molar-refractivity contribution in [2.75, 3.05) is 36.0 Å². The molecule has 2 heterocycles. The number of rotatable bonds is 3. The molecule has 1 aliphatic heterocycles. The minimum absolute atomic E-state index is 0.0199. The average Bonchev–Trinajstić information content (AvgIpc) is 2.62. The Bertz CT molecular complexity index is 790. The van der Waals surface area contributed by atoms with Gasteiger partial charge in [-0.25, -0.2) is 4.98 Å². The zero-order valence-corrected chi connectivity index (χ0v) is 15.0. The topological polar surface area (TPSA) is 60.2 Å². The molecular formula is C18H17BrN4O. The van der Waals surface area contributed by atoms with E-state index in [0.29, 0.717) is 11.1 Å². The van der Waals surface area contributed by atoms with Gasteiger partial charge >= 0.3 is 0 Å². The van der Waals surface area contributed by atoms with Gasteiger partial charge in [0.05, 0.1) is 11.6 Å². The Morgan fingerprint density at radius 1 is 1.17 bits per heavy atom. The lowest BCUT2D eigenvalue weighted by molar-refractivity contribution is 0.101. The molecule has 6 heteroatoms. The zero-order chi connectivity index (χ0) is 17.1. The summed E-state index contributed by atoms with van der Waals surface area (Å²) in [5, 5.41) is 9.13. The summed E-state index contributed by atoms with van der Waals surface area (Å²) in [7, 11) is 0. The van der Waals surface area contributed by atoms with Crippen LogP contribution >= 0.6 is 15.9 Å². The van der Waals surface area contributed by atoms with Gasteiger partial charge in [0.25, 0.3) is 0 Å². The van der Waals surface area contributed by atoms with E-state index in [9.17, 15) is 4.79 Å². The number of pyridine rings is 1. The van der Waals surface area contributed by atoms with E-state index in [2.05, 4.69) is 36.8 Å². The van der Waals surface area contributed by atoms with E-state index < -0.39 is 0 Å². The maximum Gasteiger partial charge on any atom is 0.161 e. The largest absolute Gasteiger partial charge is 0.367 e. The van der Waals surface area contributed by atoms with Crippen LogP contribution in [0.2, 0.25) is 0 Å². The third kappa shape index (κ3) is 3.41. The van der Waals surface area contributed by atoms with Gasteiger partial charge in [0.1, 0.15) is 5.82 Å². The van der Waals surface area contributed by atoms with Gasteiger partial charge in [-0.1, -0.05) is 0 Å². The average molecular weight is 385 g/mol. The summed E-state index contributed by atoms with van der Waals surface area (Å²) < 4.78 is 0.962. The Labute approximate surface area is 149 Å². The number of hydrogen-bond donors (Lipinski definition) is 0. The first-order chi connectivity index (χ1) is 11.6. The third-order valence-corrected chi connectivity index (χ3v) is 4.63. The Morgan fingerprint density at radius 2 is 1.88 bits per heavy atom. The summed E-state index contributed by atoms with van der Waals surface area (Å²) in [6.45, 7) is 4.78. The van der Waals surface area contributed by atoms with E-state index in [-0.39, 0.29) is 5.78 Å².